The van der Waals surface area contributed by atoms with Crippen molar-refractivity contribution in [2.45, 2.75) is 17.9 Å². The van der Waals surface area contributed by atoms with Crippen LogP contribution in [0.1, 0.15) is 29.0 Å². The van der Waals surface area contributed by atoms with Crippen LogP contribution in [0.3, 0.4) is 0 Å². The molecule has 39 heavy (non-hydrogen) atoms. The number of aromatic nitrogens is 2. The lowest BCUT2D eigenvalue weighted by Gasteiger charge is -2.39. The SMILES string of the molecule is [C-]#[N+]c1ccc2nc(OC)c(C(c3cccc(F)c3)C(O)(CCN(C)C)c3cc(OC)nc(OC)c3)cc2c1. The summed E-state index contributed by atoms with van der Waals surface area (Å²) in [6.07, 6.45) is 0.251. The maximum atomic E-state index is 14.7. The number of ether oxygens (including phenoxy) is 3. The number of rotatable bonds is 10. The third kappa shape index (κ3) is 5.77. The molecular formula is C30H31FN4O4. The number of aliphatic hydroxyl groups is 1. The van der Waals surface area contributed by atoms with Gasteiger partial charge in [0.2, 0.25) is 17.6 Å². The van der Waals surface area contributed by atoms with Crippen LogP contribution in [0.2, 0.25) is 0 Å². The Balaban J connectivity index is 2.08. The number of methoxy groups -OCH3 is 3. The quantitative estimate of drug-likeness (QED) is 0.278. The fourth-order valence-corrected chi connectivity index (χ4v) is 4.79. The van der Waals surface area contributed by atoms with E-state index in [0.29, 0.717) is 39.8 Å². The van der Waals surface area contributed by atoms with Crippen LogP contribution in [-0.2, 0) is 5.60 Å². The zero-order valence-electron chi connectivity index (χ0n) is 22.6. The molecule has 2 aromatic heterocycles. The van der Waals surface area contributed by atoms with Gasteiger partial charge in [0.05, 0.1) is 33.4 Å². The van der Waals surface area contributed by atoms with Gasteiger partial charge in [0, 0.05) is 30.2 Å². The number of halogens is 1. The Bertz CT molecular complexity index is 1500. The smallest absolute Gasteiger partial charge is 0.217 e. The molecule has 8 nitrogen and oxygen atoms in total. The Morgan fingerprint density at radius 2 is 1.69 bits per heavy atom. The molecule has 0 aliphatic heterocycles. The van der Waals surface area contributed by atoms with Crippen LogP contribution in [0, 0.1) is 12.4 Å². The fraction of sp³-hybridized carbons (Fsp3) is 0.300. The molecule has 2 heterocycles. The van der Waals surface area contributed by atoms with E-state index in [1.165, 1.54) is 33.5 Å². The minimum absolute atomic E-state index is 0.251. The molecule has 0 bridgehead atoms. The van der Waals surface area contributed by atoms with E-state index in [2.05, 4.69) is 9.83 Å². The van der Waals surface area contributed by atoms with Gasteiger partial charge >= 0.3 is 0 Å². The van der Waals surface area contributed by atoms with Gasteiger partial charge in [-0.25, -0.2) is 14.2 Å². The average Bonchev–Trinajstić information content (AvgIpc) is 2.95. The van der Waals surface area contributed by atoms with E-state index in [-0.39, 0.29) is 24.1 Å². The van der Waals surface area contributed by atoms with E-state index < -0.39 is 17.3 Å². The van der Waals surface area contributed by atoms with E-state index in [0.717, 1.165) is 0 Å². The Kier molecular flexibility index (Phi) is 8.29. The minimum atomic E-state index is -1.62. The molecule has 2 unspecified atom stereocenters. The first kappa shape index (κ1) is 27.8. The monoisotopic (exact) mass is 530 g/mol. The maximum absolute atomic E-state index is 14.7. The van der Waals surface area contributed by atoms with Crippen molar-refractivity contribution in [3.63, 3.8) is 0 Å². The Morgan fingerprint density at radius 3 is 2.28 bits per heavy atom. The number of benzene rings is 2. The number of hydrogen-bond acceptors (Lipinski definition) is 7. The number of fused-ring (bicyclic) bond motifs is 1. The first-order valence-electron chi connectivity index (χ1n) is 12.3. The van der Waals surface area contributed by atoms with Gasteiger partial charge in [0.25, 0.3) is 0 Å². The average molecular weight is 531 g/mol. The topological polar surface area (TPSA) is 81.3 Å². The van der Waals surface area contributed by atoms with E-state index in [1.54, 1.807) is 42.5 Å². The highest BCUT2D eigenvalue weighted by Crippen LogP contribution is 2.48. The largest absolute Gasteiger partial charge is 0.481 e. The highest BCUT2D eigenvalue weighted by Gasteiger charge is 2.43. The van der Waals surface area contributed by atoms with E-state index in [4.69, 9.17) is 25.8 Å². The molecule has 0 radical (unpaired) electrons. The molecule has 1 N–H and O–H groups in total. The van der Waals surface area contributed by atoms with Crippen molar-refractivity contribution in [2.24, 2.45) is 0 Å². The van der Waals surface area contributed by atoms with Crippen molar-refractivity contribution in [1.29, 1.82) is 0 Å². The van der Waals surface area contributed by atoms with Gasteiger partial charge in [0.15, 0.2) is 5.69 Å². The zero-order chi connectivity index (χ0) is 28.2. The standard InChI is InChI=1S/C30H31FN4O4/c1-32-23-10-11-25-20(15-23)16-24(29(33-25)39-6)28(19-8-7-9-22(31)14-19)30(36,12-13-35(2)3)21-17-26(37-4)34-27(18-21)38-5/h7-11,14-18,28,36H,12-13H2,2-6H3. The number of hydrogen-bond donors (Lipinski definition) is 1. The van der Waals surface area contributed by atoms with Crippen LogP contribution in [0.4, 0.5) is 10.1 Å². The lowest BCUT2D eigenvalue weighted by atomic mass is 9.71. The van der Waals surface area contributed by atoms with E-state index in [1.807, 2.05) is 25.1 Å². The van der Waals surface area contributed by atoms with Gasteiger partial charge in [-0.2, -0.15) is 4.98 Å². The van der Waals surface area contributed by atoms with Crippen molar-refractivity contribution in [3.8, 4) is 17.6 Å². The summed E-state index contributed by atoms with van der Waals surface area (Å²) >= 11 is 0. The molecule has 0 spiro atoms. The van der Waals surface area contributed by atoms with Gasteiger partial charge in [-0.1, -0.05) is 18.2 Å². The summed E-state index contributed by atoms with van der Waals surface area (Å²) < 4.78 is 31.3. The van der Waals surface area contributed by atoms with Gasteiger partial charge in [0.1, 0.15) is 11.4 Å². The predicted octanol–water partition coefficient (Wildman–Crippen LogP) is 5.32. The summed E-state index contributed by atoms with van der Waals surface area (Å²) in [5.74, 6) is -0.482. The van der Waals surface area contributed by atoms with Crippen LogP contribution in [0.15, 0.2) is 60.7 Å². The second-order valence-corrected chi connectivity index (χ2v) is 9.48. The second kappa shape index (κ2) is 11.6. The Labute approximate surface area is 227 Å². The van der Waals surface area contributed by atoms with E-state index >= 15 is 0 Å². The molecule has 4 rings (SSSR count). The molecule has 0 amide bonds. The molecule has 0 fully saturated rings. The minimum Gasteiger partial charge on any atom is -0.481 e. The van der Waals surface area contributed by atoms with Gasteiger partial charge < -0.3 is 24.2 Å². The molecule has 202 valence electrons. The lowest BCUT2D eigenvalue weighted by molar-refractivity contribution is 0.00325. The van der Waals surface area contributed by atoms with Gasteiger partial charge in [-0.3, -0.25) is 0 Å². The van der Waals surface area contributed by atoms with Crippen LogP contribution < -0.4 is 14.2 Å². The maximum Gasteiger partial charge on any atom is 0.217 e. The normalized spacial score (nSPS) is 13.5. The Morgan fingerprint density at radius 1 is 0.974 bits per heavy atom. The van der Waals surface area contributed by atoms with Gasteiger partial charge in [-0.15, -0.1) is 0 Å². The van der Waals surface area contributed by atoms with Crippen molar-refractivity contribution >= 4 is 16.6 Å². The molecule has 0 saturated carbocycles. The van der Waals surface area contributed by atoms with Crippen molar-refractivity contribution in [1.82, 2.24) is 14.9 Å². The second-order valence-electron chi connectivity index (χ2n) is 9.48. The van der Waals surface area contributed by atoms with Crippen LogP contribution in [-0.4, -0.2) is 61.9 Å². The van der Waals surface area contributed by atoms with Crippen molar-refractivity contribution in [2.75, 3.05) is 42.0 Å². The molecule has 2 atom stereocenters. The van der Waals surface area contributed by atoms with Crippen LogP contribution in [0.25, 0.3) is 15.7 Å². The summed E-state index contributed by atoms with van der Waals surface area (Å²) in [6.45, 7) is 7.94. The van der Waals surface area contributed by atoms with Crippen LogP contribution >= 0.6 is 0 Å². The summed E-state index contributed by atoms with van der Waals surface area (Å²) in [5, 5.41) is 13.5. The van der Waals surface area contributed by atoms with Crippen LogP contribution in [0.5, 0.6) is 17.6 Å². The van der Waals surface area contributed by atoms with Crippen molar-refractivity contribution < 1.29 is 23.7 Å². The third-order valence-corrected chi connectivity index (χ3v) is 6.72. The molecule has 0 aliphatic rings. The Hall–Kier alpha value is -4.26. The summed E-state index contributed by atoms with van der Waals surface area (Å²) in [7, 11) is 8.30. The first-order valence-corrected chi connectivity index (χ1v) is 12.3. The molecule has 9 heteroatoms. The van der Waals surface area contributed by atoms with Crippen molar-refractivity contribution in [3.05, 3.63) is 94.6 Å². The molecule has 0 aliphatic carbocycles. The highest BCUT2D eigenvalue weighted by atomic mass is 19.1. The highest BCUT2D eigenvalue weighted by molar-refractivity contribution is 5.84. The third-order valence-electron chi connectivity index (χ3n) is 6.72. The first-order chi connectivity index (χ1) is 18.7. The van der Waals surface area contributed by atoms with Gasteiger partial charge in [-0.05, 0) is 67.4 Å². The predicted molar refractivity (Wildman–Crippen MR) is 147 cm³/mol. The summed E-state index contributed by atoms with van der Waals surface area (Å²) in [4.78, 5) is 14.5. The number of pyridine rings is 2. The molecule has 4 aromatic rings. The molecule has 2 aromatic carbocycles. The number of nitrogens with zero attached hydrogens (tertiary/aromatic N) is 4. The molecule has 0 saturated heterocycles. The fourth-order valence-electron chi connectivity index (χ4n) is 4.79. The summed E-state index contributed by atoms with van der Waals surface area (Å²) in [6, 6.07) is 16.5. The lowest BCUT2D eigenvalue weighted by Crippen LogP contribution is -2.38. The summed E-state index contributed by atoms with van der Waals surface area (Å²) in [5.41, 5.74) is 0.987. The molecular weight excluding hydrogens is 499 g/mol. The van der Waals surface area contributed by atoms with E-state index in [9.17, 15) is 9.50 Å². The zero-order valence-corrected chi connectivity index (χ0v) is 22.6.